The molecule has 2 aromatic carbocycles. The predicted molar refractivity (Wildman–Crippen MR) is 124 cm³/mol. The van der Waals surface area contributed by atoms with Crippen LogP contribution in [0.4, 0.5) is 17.6 Å². The Labute approximate surface area is 215 Å². The summed E-state index contributed by atoms with van der Waals surface area (Å²) in [5.41, 5.74) is -0.363. The summed E-state index contributed by atoms with van der Waals surface area (Å²) in [6.07, 6.45) is -4.09. The molecule has 0 aromatic heterocycles. The van der Waals surface area contributed by atoms with E-state index in [2.05, 4.69) is 10.1 Å². The SMILES string of the molecule is O=C1CCC(N2Cc3c(ccc(C4(O)CCN(Cc5ccc(OC(F)(F)F)cc5)CC4)c3F)C2=O)C(=O)N1. The molecule has 1 unspecified atom stereocenters. The van der Waals surface area contributed by atoms with Crippen molar-refractivity contribution in [3.8, 4) is 5.75 Å². The lowest BCUT2D eigenvalue weighted by Crippen LogP contribution is -2.52. The maximum atomic E-state index is 15.7. The molecule has 0 aliphatic carbocycles. The van der Waals surface area contributed by atoms with Gasteiger partial charge in [0.25, 0.3) is 5.91 Å². The third-order valence-corrected chi connectivity index (χ3v) is 7.40. The summed E-state index contributed by atoms with van der Waals surface area (Å²) >= 11 is 0. The largest absolute Gasteiger partial charge is 0.573 e. The van der Waals surface area contributed by atoms with Gasteiger partial charge in [0.15, 0.2) is 0 Å². The van der Waals surface area contributed by atoms with Crippen LogP contribution in [-0.2, 0) is 28.3 Å². The second kappa shape index (κ2) is 9.66. The minimum atomic E-state index is -4.76. The van der Waals surface area contributed by atoms with E-state index in [1.807, 2.05) is 4.90 Å². The number of hydrogen-bond donors (Lipinski definition) is 2. The zero-order chi connectivity index (χ0) is 27.2. The summed E-state index contributed by atoms with van der Waals surface area (Å²) in [5, 5.41) is 13.6. The summed E-state index contributed by atoms with van der Waals surface area (Å²) in [5.74, 6) is -2.48. The first-order valence-electron chi connectivity index (χ1n) is 12.2. The molecular weight excluding hydrogens is 510 g/mol. The van der Waals surface area contributed by atoms with Crippen molar-refractivity contribution >= 4 is 17.7 Å². The van der Waals surface area contributed by atoms with Gasteiger partial charge in [-0.3, -0.25) is 24.6 Å². The number of carbonyl (C=O) groups is 3. The highest BCUT2D eigenvalue weighted by molar-refractivity contribution is 6.05. The molecule has 2 aromatic rings. The number of carbonyl (C=O) groups excluding carboxylic acids is 3. The predicted octanol–water partition coefficient (Wildman–Crippen LogP) is 2.97. The van der Waals surface area contributed by atoms with Gasteiger partial charge in [0.1, 0.15) is 17.6 Å². The van der Waals surface area contributed by atoms with Gasteiger partial charge in [-0.1, -0.05) is 18.2 Å². The van der Waals surface area contributed by atoms with Crippen molar-refractivity contribution < 1.29 is 41.8 Å². The van der Waals surface area contributed by atoms with Crippen LogP contribution in [0.3, 0.4) is 0 Å². The average molecular weight is 535 g/mol. The normalized spacial score (nSPS) is 21.9. The number of ether oxygens (including phenoxy) is 1. The topological polar surface area (TPSA) is 99.2 Å². The van der Waals surface area contributed by atoms with E-state index in [1.165, 1.54) is 41.3 Å². The van der Waals surface area contributed by atoms with Crippen LogP contribution in [-0.4, -0.2) is 58.1 Å². The highest BCUT2D eigenvalue weighted by atomic mass is 19.4. The summed E-state index contributed by atoms with van der Waals surface area (Å²) in [4.78, 5) is 39.9. The third-order valence-electron chi connectivity index (χ3n) is 7.40. The molecule has 3 heterocycles. The monoisotopic (exact) mass is 535 g/mol. The molecule has 5 rings (SSSR count). The fourth-order valence-electron chi connectivity index (χ4n) is 5.37. The van der Waals surface area contributed by atoms with Gasteiger partial charge in [0.05, 0.1) is 12.1 Å². The number of fused-ring (bicyclic) bond motifs is 1. The standard InChI is InChI=1S/C26H25F4N3O5/c27-22-18-14-33(20-7-8-21(34)31-23(20)35)24(36)17(18)5-6-19(22)25(37)9-11-32(12-10-25)13-15-1-3-16(4-2-15)38-26(28,29)30/h1-6,20,37H,7-14H2,(H,31,34,35). The van der Waals surface area contributed by atoms with Crippen LogP contribution in [0.25, 0.3) is 0 Å². The highest BCUT2D eigenvalue weighted by Gasteiger charge is 2.43. The molecule has 2 saturated heterocycles. The average Bonchev–Trinajstić information content (AvgIpc) is 3.18. The van der Waals surface area contributed by atoms with Crippen molar-refractivity contribution in [3.05, 3.63) is 64.5 Å². The van der Waals surface area contributed by atoms with E-state index in [4.69, 9.17) is 0 Å². The zero-order valence-electron chi connectivity index (χ0n) is 20.2. The van der Waals surface area contributed by atoms with Gasteiger partial charge in [0, 0.05) is 42.7 Å². The number of nitrogens with one attached hydrogen (secondary N) is 1. The van der Waals surface area contributed by atoms with Crippen LogP contribution >= 0.6 is 0 Å². The van der Waals surface area contributed by atoms with Crippen molar-refractivity contribution in [2.24, 2.45) is 0 Å². The van der Waals surface area contributed by atoms with E-state index in [0.717, 1.165) is 5.56 Å². The lowest BCUT2D eigenvalue weighted by molar-refractivity contribution is -0.274. The van der Waals surface area contributed by atoms with E-state index in [-0.39, 0.29) is 54.7 Å². The molecule has 3 aliphatic rings. The van der Waals surface area contributed by atoms with Crippen LogP contribution in [0.15, 0.2) is 36.4 Å². The number of rotatable bonds is 5. The maximum absolute atomic E-state index is 15.7. The van der Waals surface area contributed by atoms with E-state index < -0.39 is 41.5 Å². The first-order chi connectivity index (χ1) is 17.9. The second-order valence-corrected chi connectivity index (χ2v) is 9.85. The molecule has 202 valence electrons. The molecule has 0 saturated carbocycles. The molecular formula is C26H25F4N3O5. The Hall–Kier alpha value is -3.51. The number of nitrogens with zero attached hydrogens (tertiary/aromatic N) is 2. The Balaban J connectivity index is 1.25. The van der Waals surface area contributed by atoms with Crippen LogP contribution in [0, 0.1) is 5.82 Å². The zero-order valence-corrected chi connectivity index (χ0v) is 20.2. The van der Waals surface area contributed by atoms with Gasteiger partial charge >= 0.3 is 6.36 Å². The molecule has 1 atom stereocenters. The van der Waals surface area contributed by atoms with Gasteiger partial charge in [-0.15, -0.1) is 13.2 Å². The molecule has 0 bridgehead atoms. The number of benzene rings is 2. The van der Waals surface area contributed by atoms with E-state index in [1.54, 1.807) is 0 Å². The number of likely N-dealkylation sites (tertiary alicyclic amines) is 1. The van der Waals surface area contributed by atoms with Crippen LogP contribution in [0.5, 0.6) is 5.75 Å². The van der Waals surface area contributed by atoms with Crippen LogP contribution in [0.2, 0.25) is 0 Å². The van der Waals surface area contributed by atoms with Gasteiger partial charge in [-0.2, -0.15) is 0 Å². The summed E-state index contributed by atoms with van der Waals surface area (Å²) < 4.78 is 56.6. The minimum Gasteiger partial charge on any atom is -0.406 e. The fraction of sp³-hybridized carbons (Fsp3) is 0.423. The number of hydrogen-bond acceptors (Lipinski definition) is 6. The molecule has 2 fully saturated rings. The molecule has 3 aliphatic heterocycles. The fourth-order valence-corrected chi connectivity index (χ4v) is 5.37. The van der Waals surface area contributed by atoms with Crippen molar-refractivity contribution in [1.29, 1.82) is 0 Å². The Morgan fingerprint density at radius 2 is 1.74 bits per heavy atom. The number of piperidine rings is 2. The number of aliphatic hydroxyl groups is 1. The lowest BCUT2D eigenvalue weighted by atomic mass is 9.82. The van der Waals surface area contributed by atoms with Crippen molar-refractivity contribution in [1.82, 2.24) is 15.1 Å². The van der Waals surface area contributed by atoms with Crippen molar-refractivity contribution in [3.63, 3.8) is 0 Å². The molecule has 3 amide bonds. The van der Waals surface area contributed by atoms with Crippen LogP contribution < -0.4 is 10.1 Å². The second-order valence-electron chi connectivity index (χ2n) is 9.85. The molecule has 2 N–H and O–H groups in total. The number of alkyl halides is 3. The maximum Gasteiger partial charge on any atom is 0.573 e. The lowest BCUT2D eigenvalue weighted by Gasteiger charge is -2.39. The first-order valence-corrected chi connectivity index (χ1v) is 12.2. The summed E-state index contributed by atoms with van der Waals surface area (Å²) in [6, 6.07) is 7.56. The van der Waals surface area contributed by atoms with Gasteiger partial charge in [-0.25, -0.2) is 4.39 Å². The van der Waals surface area contributed by atoms with Gasteiger partial charge < -0.3 is 14.7 Å². The number of imide groups is 1. The van der Waals surface area contributed by atoms with Crippen molar-refractivity contribution in [2.75, 3.05) is 13.1 Å². The molecule has 38 heavy (non-hydrogen) atoms. The Bertz CT molecular complexity index is 1270. The Kier molecular flexibility index (Phi) is 6.64. The van der Waals surface area contributed by atoms with Gasteiger partial charge in [-0.05, 0) is 43.0 Å². The number of amides is 3. The smallest absolute Gasteiger partial charge is 0.406 e. The van der Waals surface area contributed by atoms with E-state index in [9.17, 15) is 32.7 Å². The van der Waals surface area contributed by atoms with Gasteiger partial charge in [0.2, 0.25) is 11.8 Å². The third kappa shape index (κ3) is 5.10. The molecule has 8 nitrogen and oxygen atoms in total. The number of halogens is 4. The molecule has 12 heteroatoms. The van der Waals surface area contributed by atoms with Crippen molar-refractivity contribution in [2.45, 2.75) is 56.8 Å². The Morgan fingerprint density at radius 1 is 1.05 bits per heavy atom. The molecule has 0 spiro atoms. The van der Waals surface area contributed by atoms with E-state index >= 15 is 4.39 Å². The quantitative estimate of drug-likeness (QED) is 0.451. The highest BCUT2D eigenvalue weighted by Crippen LogP contribution is 2.39. The minimum absolute atomic E-state index is 0.0856. The molecule has 0 radical (unpaired) electrons. The Morgan fingerprint density at radius 3 is 2.37 bits per heavy atom. The summed E-state index contributed by atoms with van der Waals surface area (Å²) in [6.45, 7) is 1.13. The van der Waals surface area contributed by atoms with E-state index in [0.29, 0.717) is 19.6 Å². The van der Waals surface area contributed by atoms with Crippen LogP contribution in [0.1, 0.15) is 52.7 Å². The first kappa shape index (κ1) is 26.1. The summed E-state index contributed by atoms with van der Waals surface area (Å²) in [7, 11) is 0.